The van der Waals surface area contributed by atoms with Crippen LogP contribution in [0.5, 0.6) is 0 Å². The number of pyridine rings is 1. The van der Waals surface area contributed by atoms with E-state index in [1.165, 1.54) is 42.5 Å². The molecule has 0 spiro atoms. The molecule has 7 rings (SSSR count). The Labute approximate surface area is 366 Å². The van der Waals surface area contributed by atoms with Gasteiger partial charge in [-0.3, -0.25) is 14.1 Å². The molecule has 332 valence electrons. The van der Waals surface area contributed by atoms with E-state index in [1.54, 1.807) is 48.1 Å². The van der Waals surface area contributed by atoms with Gasteiger partial charge >= 0.3 is 6.18 Å². The van der Waals surface area contributed by atoms with Gasteiger partial charge in [0.2, 0.25) is 5.91 Å². The number of piperidine rings is 1. The topological polar surface area (TPSA) is 109 Å². The molecule has 9 nitrogen and oxygen atoms in total. The van der Waals surface area contributed by atoms with E-state index in [9.17, 15) is 40.0 Å². The molecule has 5 aromatic carbocycles. The van der Waals surface area contributed by atoms with Crippen LogP contribution in [0.2, 0.25) is 0 Å². The van der Waals surface area contributed by atoms with Crippen LogP contribution in [0.1, 0.15) is 35.1 Å². The van der Waals surface area contributed by atoms with Gasteiger partial charge in [0.05, 0.1) is 27.6 Å². The number of fused-ring (bicyclic) bond motifs is 1. The fraction of sp³-hybridized carbons (Fsp3) is 0.277. The third-order valence-electron chi connectivity index (χ3n) is 10.8. The number of rotatable bonds is 13. The molecule has 0 saturated carbocycles. The van der Waals surface area contributed by atoms with Crippen LogP contribution >= 0.6 is 11.8 Å². The number of hydrogen-bond donors (Lipinski definition) is 1. The molecule has 16 heteroatoms. The molecule has 1 fully saturated rings. The zero-order valence-corrected chi connectivity index (χ0v) is 36.2. The highest BCUT2D eigenvalue weighted by Gasteiger charge is 2.31. The van der Waals surface area contributed by atoms with Gasteiger partial charge in [0, 0.05) is 62.1 Å². The van der Waals surface area contributed by atoms with Crippen molar-refractivity contribution in [1.82, 2.24) is 14.4 Å². The van der Waals surface area contributed by atoms with Gasteiger partial charge in [-0.1, -0.05) is 78.4 Å². The van der Waals surface area contributed by atoms with Gasteiger partial charge < -0.3 is 19.1 Å². The van der Waals surface area contributed by atoms with Gasteiger partial charge in [-0.15, -0.1) is 11.8 Å². The first-order valence-electron chi connectivity index (χ1n) is 20.0. The van der Waals surface area contributed by atoms with Crippen molar-refractivity contribution >= 4 is 38.7 Å². The summed E-state index contributed by atoms with van der Waals surface area (Å²) in [5, 5.41) is 0.893. The van der Waals surface area contributed by atoms with Crippen LogP contribution in [0.15, 0.2) is 136 Å². The first kappa shape index (κ1) is 47.1. The summed E-state index contributed by atoms with van der Waals surface area (Å²) in [5.41, 5.74) is 2.94. The number of ether oxygens (including phenoxy) is 1. The monoisotopic (exact) mass is 907 g/mol. The standard InChI is InChI=1S/C40H38F5N3O3S.C7H8O3S/c1-51-22-21-46-19-17-32(18-20-46)47(24-27-9-11-28(12-10-27)29-13-15-31(16-14-29)40(43,44)45)37(50)25-48-35-8-3-2-6-33(35)36(49)23-38(48)52-26-30-5-4-7-34(41)39(30)42;1-6-2-4-7(5-3-6)11(8,9)10/h2-16,23,32H,17-22,24-26H2,1H3;2-5H,1H3,(H,8,9,10). The number of carbonyl (C=O) groups excluding carboxylic acids is 1. The Morgan fingerprint density at radius 3 is 2.13 bits per heavy atom. The van der Waals surface area contributed by atoms with Crippen molar-refractivity contribution in [2.45, 2.75) is 60.7 Å². The number of methoxy groups -OCH3 is 1. The Bertz CT molecular complexity index is 2670. The van der Waals surface area contributed by atoms with Crippen LogP contribution in [0.4, 0.5) is 22.0 Å². The van der Waals surface area contributed by atoms with E-state index in [1.807, 2.05) is 36.1 Å². The van der Waals surface area contributed by atoms with Crippen LogP contribution in [0.3, 0.4) is 0 Å². The van der Waals surface area contributed by atoms with Crippen LogP contribution in [-0.2, 0) is 44.7 Å². The Morgan fingerprint density at radius 1 is 0.873 bits per heavy atom. The molecule has 0 atom stereocenters. The molecule has 2 heterocycles. The summed E-state index contributed by atoms with van der Waals surface area (Å²) in [4.78, 5) is 31.8. The molecule has 63 heavy (non-hydrogen) atoms. The summed E-state index contributed by atoms with van der Waals surface area (Å²) in [6.45, 7) is 5.01. The fourth-order valence-electron chi connectivity index (χ4n) is 7.28. The number of nitrogens with zero attached hydrogens (tertiary/aromatic N) is 3. The Hall–Kier alpha value is -5.39. The van der Waals surface area contributed by atoms with Gasteiger partial charge in [0.1, 0.15) is 6.54 Å². The summed E-state index contributed by atoms with van der Waals surface area (Å²) < 4.78 is 104. The lowest BCUT2D eigenvalue weighted by Gasteiger charge is -2.39. The van der Waals surface area contributed by atoms with E-state index in [4.69, 9.17) is 9.29 Å². The molecule has 1 amide bonds. The number of amides is 1. The molecule has 1 aliphatic heterocycles. The van der Waals surface area contributed by atoms with E-state index in [0.29, 0.717) is 34.6 Å². The Kier molecular flexibility index (Phi) is 15.6. The van der Waals surface area contributed by atoms with Gasteiger partial charge in [-0.2, -0.15) is 21.6 Å². The van der Waals surface area contributed by atoms with E-state index < -0.39 is 33.5 Å². The second kappa shape index (κ2) is 20.9. The van der Waals surface area contributed by atoms with Crippen LogP contribution in [0, 0.1) is 18.6 Å². The molecule has 6 aromatic rings. The molecule has 1 aliphatic rings. The lowest BCUT2D eigenvalue weighted by molar-refractivity contribution is -0.137. The number of aromatic nitrogens is 1. The summed E-state index contributed by atoms with van der Waals surface area (Å²) in [6.07, 6.45) is -2.94. The number of hydrogen-bond acceptors (Lipinski definition) is 7. The largest absolute Gasteiger partial charge is 0.416 e. The van der Waals surface area contributed by atoms with E-state index in [-0.39, 0.29) is 40.1 Å². The second-order valence-corrected chi connectivity index (χ2v) is 17.5. The van der Waals surface area contributed by atoms with Gasteiger partial charge in [-0.05, 0) is 78.9 Å². The van der Waals surface area contributed by atoms with Crippen LogP contribution in [0.25, 0.3) is 22.0 Å². The molecule has 0 bridgehead atoms. The molecular weight excluding hydrogens is 862 g/mol. The van der Waals surface area contributed by atoms with E-state index in [2.05, 4.69) is 4.90 Å². The predicted molar refractivity (Wildman–Crippen MR) is 234 cm³/mol. The first-order chi connectivity index (χ1) is 30.0. The molecule has 1 saturated heterocycles. The van der Waals surface area contributed by atoms with Crippen LogP contribution < -0.4 is 5.43 Å². The highest BCUT2D eigenvalue weighted by molar-refractivity contribution is 7.98. The van der Waals surface area contributed by atoms with Crippen molar-refractivity contribution in [1.29, 1.82) is 0 Å². The molecule has 0 aliphatic carbocycles. The van der Waals surface area contributed by atoms with Crippen molar-refractivity contribution < 1.29 is 44.5 Å². The number of aryl methyl sites for hydroxylation is 1. The maximum atomic E-state index is 14.6. The highest BCUT2D eigenvalue weighted by atomic mass is 32.2. The van der Waals surface area contributed by atoms with Crippen molar-refractivity contribution in [2.24, 2.45) is 0 Å². The number of para-hydroxylation sites is 1. The smallest absolute Gasteiger partial charge is 0.383 e. The highest BCUT2D eigenvalue weighted by Crippen LogP contribution is 2.32. The van der Waals surface area contributed by atoms with Crippen molar-refractivity contribution in [3.63, 3.8) is 0 Å². The average molecular weight is 908 g/mol. The molecular formula is C47H46F5N3O6S2. The Balaban J connectivity index is 0.000000524. The minimum absolute atomic E-state index is 0.0461. The molecule has 0 radical (unpaired) electrons. The van der Waals surface area contributed by atoms with Crippen molar-refractivity contribution in [2.75, 3.05) is 33.4 Å². The van der Waals surface area contributed by atoms with Gasteiger partial charge in [0.15, 0.2) is 17.1 Å². The summed E-state index contributed by atoms with van der Waals surface area (Å²) in [5.74, 6) is -2.03. The number of carbonyl (C=O) groups is 1. The zero-order valence-electron chi connectivity index (χ0n) is 34.5. The maximum absolute atomic E-state index is 14.6. The zero-order chi connectivity index (χ0) is 45.3. The van der Waals surface area contributed by atoms with Gasteiger partial charge in [0.25, 0.3) is 10.1 Å². The van der Waals surface area contributed by atoms with Crippen molar-refractivity contribution in [3.05, 3.63) is 165 Å². The quantitative estimate of drug-likeness (QED) is 0.0694. The number of halogens is 5. The van der Waals surface area contributed by atoms with E-state index in [0.717, 1.165) is 79.1 Å². The third-order valence-corrected chi connectivity index (χ3v) is 12.7. The van der Waals surface area contributed by atoms with Crippen molar-refractivity contribution in [3.8, 4) is 11.1 Å². The normalized spacial score (nSPS) is 13.7. The molecule has 1 aromatic heterocycles. The minimum Gasteiger partial charge on any atom is -0.383 e. The summed E-state index contributed by atoms with van der Waals surface area (Å²) in [7, 11) is -2.35. The number of alkyl halides is 3. The van der Waals surface area contributed by atoms with E-state index >= 15 is 0 Å². The second-order valence-electron chi connectivity index (χ2n) is 15.1. The number of thioether (sulfide) groups is 1. The molecule has 0 unspecified atom stereocenters. The summed E-state index contributed by atoms with van der Waals surface area (Å²) >= 11 is 1.16. The van der Waals surface area contributed by atoms with Gasteiger partial charge in [-0.25, -0.2) is 8.78 Å². The Morgan fingerprint density at radius 2 is 1.51 bits per heavy atom. The first-order valence-corrected chi connectivity index (χ1v) is 22.4. The lowest BCUT2D eigenvalue weighted by Crippen LogP contribution is -2.48. The average Bonchev–Trinajstić information content (AvgIpc) is 3.26. The maximum Gasteiger partial charge on any atom is 0.416 e. The number of likely N-dealkylation sites (tertiary alicyclic amines) is 1. The minimum atomic E-state index is -4.42. The lowest BCUT2D eigenvalue weighted by atomic mass is 10.00. The fourth-order valence-corrected chi connectivity index (χ4v) is 8.80. The third kappa shape index (κ3) is 12.4. The SMILES string of the molecule is COCCN1CCC(N(Cc2ccc(-c3ccc(C(F)(F)F)cc3)cc2)C(=O)Cn2c(SCc3cccc(F)c3F)cc(=O)c3ccccc32)CC1.Cc1ccc(S(=O)(=O)O)cc1. The number of benzene rings is 5. The summed E-state index contributed by atoms with van der Waals surface area (Å²) in [6, 6.07) is 30.8. The molecule has 1 N–H and O–H groups in total. The predicted octanol–water partition coefficient (Wildman–Crippen LogP) is 9.64. The van der Waals surface area contributed by atoms with Crippen LogP contribution in [-0.4, -0.2) is 72.6 Å².